The second-order valence-corrected chi connectivity index (χ2v) is 9.21. The van der Waals surface area contributed by atoms with Crippen molar-refractivity contribution in [1.82, 2.24) is 4.37 Å². The molecule has 0 amide bonds. The third kappa shape index (κ3) is 2.79. The standard InChI is InChI=1S/C13H17N3O2S3/c1-2-21(17,18)11-12(14)16-20-13(11)15-7-9-6-8-4-3-5-10(8)19-9/h6,15H,2-5,7H2,1H3,(H2,14,16). The third-order valence-corrected chi connectivity index (χ3v) is 7.57. The van der Waals surface area contributed by atoms with Gasteiger partial charge in [-0.3, -0.25) is 0 Å². The molecular weight excluding hydrogens is 326 g/mol. The van der Waals surface area contributed by atoms with E-state index in [0.717, 1.165) is 18.0 Å². The molecule has 2 aromatic heterocycles. The molecule has 0 saturated heterocycles. The molecule has 0 atom stereocenters. The largest absolute Gasteiger partial charge is 0.382 e. The minimum absolute atomic E-state index is 0.0254. The highest BCUT2D eigenvalue weighted by atomic mass is 32.2. The monoisotopic (exact) mass is 343 g/mol. The van der Waals surface area contributed by atoms with Crippen molar-refractivity contribution in [2.75, 3.05) is 16.8 Å². The van der Waals surface area contributed by atoms with Crippen molar-refractivity contribution in [3.63, 3.8) is 0 Å². The first-order chi connectivity index (χ1) is 10.0. The molecule has 2 aromatic rings. The summed E-state index contributed by atoms with van der Waals surface area (Å²) in [5, 5.41) is 3.73. The van der Waals surface area contributed by atoms with Crippen LogP contribution in [-0.4, -0.2) is 18.5 Å². The summed E-state index contributed by atoms with van der Waals surface area (Å²) in [4.78, 5) is 2.85. The minimum atomic E-state index is -3.35. The molecule has 21 heavy (non-hydrogen) atoms. The Morgan fingerprint density at radius 3 is 2.95 bits per heavy atom. The van der Waals surface area contributed by atoms with Gasteiger partial charge >= 0.3 is 0 Å². The molecular formula is C13H17N3O2S3. The lowest BCUT2D eigenvalue weighted by Gasteiger charge is -2.06. The van der Waals surface area contributed by atoms with Crippen LogP contribution in [0.3, 0.4) is 0 Å². The van der Waals surface area contributed by atoms with Crippen LogP contribution in [0.4, 0.5) is 10.8 Å². The SMILES string of the molecule is CCS(=O)(=O)c1c(N)nsc1NCc1cc2c(s1)CCC2. The quantitative estimate of drug-likeness (QED) is 0.872. The van der Waals surface area contributed by atoms with E-state index in [1.54, 1.807) is 6.92 Å². The number of hydrogen-bond acceptors (Lipinski definition) is 7. The summed E-state index contributed by atoms with van der Waals surface area (Å²) in [6, 6.07) is 2.22. The molecule has 0 unspecified atom stereocenters. The molecule has 0 spiro atoms. The maximum Gasteiger partial charge on any atom is 0.184 e. The molecule has 8 heteroatoms. The van der Waals surface area contributed by atoms with Crippen molar-refractivity contribution < 1.29 is 8.42 Å². The summed E-state index contributed by atoms with van der Waals surface area (Å²) in [5.74, 6) is 0.121. The smallest absolute Gasteiger partial charge is 0.184 e. The number of thiophene rings is 1. The van der Waals surface area contributed by atoms with E-state index in [0.29, 0.717) is 11.5 Å². The van der Waals surface area contributed by atoms with Crippen molar-refractivity contribution in [3.05, 3.63) is 21.4 Å². The lowest BCUT2D eigenvalue weighted by Crippen LogP contribution is -2.09. The van der Waals surface area contributed by atoms with E-state index in [9.17, 15) is 8.42 Å². The molecule has 0 radical (unpaired) electrons. The number of hydrogen-bond donors (Lipinski definition) is 2. The van der Waals surface area contributed by atoms with Gasteiger partial charge < -0.3 is 11.1 Å². The van der Waals surface area contributed by atoms with Crippen molar-refractivity contribution >= 4 is 43.5 Å². The number of anilines is 2. The molecule has 5 nitrogen and oxygen atoms in total. The highest BCUT2D eigenvalue weighted by Crippen LogP contribution is 2.34. The molecule has 114 valence electrons. The van der Waals surface area contributed by atoms with Crippen LogP contribution in [0.2, 0.25) is 0 Å². The second-order valence-electron chi connectivity index (χ2n) is 5.00. The number of nitrogens with zero attached hydrogens (tertiary/aromatic N) is 1. The van der Waals surface area contributed by atoms with Crippen LogP contribution >= 0.6 is 22.9 Å². The molecule has 0 fully saturated rings. The summed E-state index contributed by atoms with van der Waals surface area (Å²) in [5.41, 5.74) is 7.16. The van der Waals surface area contributed by atoms with Gasteiger partial charge in [0.2, 0.25) is 0 Å². The molecule has 0 aromatic carbocycles. The van der Waals surface area contributed by atoms with Crippen molar-refractivity contribution in [2.24, 2.45) is 0 Å². The van der Waals surface area contributed by atoms with Gasteiger partial charge in [0.05, 0.1) is 12.3 Å². The maximum atomic E-state index is 12.1. The average molecular weight is 343 g/mol. The van der Waals surface area contributed by atoms with Crippen LogP contribution in [-0.2, 0) is 29.2 Å². The Labute approximate surface area is 132 Å². The minimum Gasteiger partial charge on any atom is -0.382 e. The van der Waals surface area contributed by atoms with Gasteiger partial charge in [-0.25, -0.2) is 8.42 Å². The van der Waals surface area contributed by atoms with Crippen LogP contribution in [0, 0.1) is 0 Å². The highest BCUT2D eigenvalue weighted by Gasteiger charge is 2.24. The van der Waals surface area contributed by atoms with E-state index in [1.165, 1.54) is 28.2 Å². The first-order valence-corrected chi connectivity index (χ1v) is 10.1. The van der Waals surface area contributed by atoms with Crippen molar-refractivity contribution in [3.8, 4) is 0 Å². The van der Waals surface area contributed by atoms with Gasteiger partial charge in [0.25, 0.3) is 0 Å². The Kier molecular flexibility index (Phi) is 3.94. The van der Waals surface area contributed by atoms with Gasteiger partial charge in [0.15, 0.2) is 15.7 Å². The number of nitrogens with one attached hydrogen (secondary N) is 1. The zero-order chi connectivity index (χ0) is 15.0. The van der Waals surface area contributed by atoms with Gasteiger partial charge in [-0.2, -0.15) is 4.37 Å². The number of nitrogen functional groups attached to an aromatic ring is 1. The summed E-state index contributed by atoms with van der Waals surface area (Å²) >= 11 is 2.92. The van der Waals surface area contributed by atoms with Gasteiger partial charge in [-0.05, 0) is 42.4 Å². The predicted octanol–water partition coefficient (Wildman–Crippen LogP) is 2.68. The van der Waals surface area contributed by atoms with Crippen LogP contribution in [0.1, 0.15) is 28.7 Å². The molecule has 3 rings (SSSR count). The van der Waals surface area contributed by atoms with E-state index in [2.05, 4.69) is 15.8 Å². The summed E-state index contributed by atoms with van der Waals surface area (Å²) in [6.45, 7) is 2.23. The number of aromatic nitrogens is 1. The van der Waals surface area contributed by atoms with E-state index in [-0.39, 0.29) is 16.5 Å². The predicted molar refractivity (Wildman–Crippen MR) is 87.9 cm³/mol. The number of nitrogens with two attached hydrogens (primary N) is 1. The number of rotatable bonds is 5. The molecule has 3 N–H and O–H groups in total. The number of fused-ring (bicyclic) bond motifs is 1. The van der Waals surface area contributed by atoms with Gasteiger partial charge in [0, 0.05) is 9.75 Å². The Morgan fingerprint density at radius 2 is 2.24 bits per heavy atom. The second kappa shape index (κ2) is 5.58. The Morgan fingerprint density at radius 1 is 1.43 bits per heavy atom. The normalized spacial score (nSPS) is 14.3. The lowest BCUT2D eigenvalue weighted by atomic mass is 10.2. The van der Waals surface area contributed by atoms with Gasteiger partial charge in [-0.15, -0.1) is 11.3 Å². The van der Waals surface area contributed by atoms with E-state index in [1.807, 2.05) is 11.3 Å². The fourth-order valence-corrected chi connectivity index (χ4v) is 5.86. The molecule has 1 aliphatic rings. The van der Waals surface area contributed by atoms with Gasteiger partial charge in [0.1, 0.15) is 9.90 Å². The Hall–Kier alpha value is -1.12. The Bertz CT molecular complexity index is 740. The van der Waals surface area contributed by atoms with E-state index >= 15 is 0 Å². The fourth-order valence-electron chi connectivity index (χ4n) is 2.50. The van der Waals surface area contributed by atoms with E-state index < -0.39 is 9.84 Å². The molecule has 0 saturated carbocycles. The molecule has 0 bridgehead atoms. The molecule has 1 aliphatic carbocycles. The maximum absolute atomic E-state index is 12.1. The van der Waals surface area contributed by atoms with Crippen molar-refractivity contribution in [1.29, 1.82) is 0 Å². The fraction of sp³-hybridized carbons (Fsp3) is 0.462. The Balaban J connectivity index is 1.79. The van der Waals surface area contributed by atoms with Crippen molar-refractivity contribution in [2.45, 2.75) is 37.6 Å². The molecule has 2 heterocycles. The number of aryl methyl sites for hydroxylation is 2. The van der Waals surface area contributed by atoms with Gasteiger partial charge in [-0.1, -0.05) is 6.92 Å². The topological polar surface area (TPSA) is 85.1 Å². The average Bonchev–Trinajstić information content (AvgIpc) is 3.10. The summed E-state index contributed by atoms with van der Waals surface area (Å²) in [7, 11) is -3.35. The molecule has 0 aliphatic heterocycles. The summed E-state index contributed by atoms with van der Waals surface area (Å²) < 4.78 is 28.1. The van der Waals surface area contributed by atoms with Crippen LogP contribution < -0.4 is 11.1 Å². The zero-order valence-corrected chi connectivity index (χ0v) is 14.1. The van der Waals surface area contributed by atoms with Crippen LogP contribution in [0.5, 0.6) is 0 Å². The first kappa shape index (κ1) is 14.8. The third-order valence-electron chi connectivity index (χ3n) is 3.59. The lowest BCUT2D eigenvalue weighted by molar-refractivity contribution is 0.598. The summed E-state index contributed by atoms with van der Waals surface area (Å²) in [6.07, 6.45) is 3.58. The first-order valence-electron chi connectivity index (χ1n) is 6.83. The van der Waals surface area contributed by atoms with Crippen LogP contribution in [0.15, 0.2) is 11.0 Å². The van der Waals surface area contributed by atoms with Crippen LogP contribution in [0.25, 0.3) is 0 Å². The van der Waals surface area contributed by atoms with E-state index in [4.69, 9.17) is 5.73 Å². The highest BCUT2D eigenvalue weighted by molar-refractivity contribution is 7.91. The number of sulfone groups is 1. The zero-order valence-electron chi connectivity index (χ0n) is 11.7.